The van der Waals surface area contributed by atoms with Gasteiger partial charge in [0.2, 0.25) is 0 Å². The number of nitrogens with two attached hydrogens (primary N) is 1. The number of anilines is 1. The Morgan fingerprint density at radius 1 is 1.28 bits per heavy atom. The monoisotopic (exact) mass is 499 g/mol. The molecule has 0 radical (unpaired) electrons. The van der Waals surface area contributed by atoms with Gasteiger partial charge in [0, 0.05) is 23.0 Å². The van der Waals surface area contributed by atoms with E-state index in [-0.39, 0.29) is 6.61 Å². The number of pyridine rings is 1. The van der Waals surface area contributed by atoms with Gasteiger partial charge in [-0.1, -0.05) is 0 Å². The number of hydrogen-bond acceptors (Lipinski definition) is 8. The zero-order valence-electron chi connectivity index (χ0n) is 17.4. The van der Waals surface area contributed by atoms with Crippen LogP contribution in [-0.4, -0.2) is 54.1 Å². The first-order valence-electron chi connectivity index (χ1n) is 10.1. The summed E-state index contributed by atoms with van der Waals surface area (Å²) in [7, 11) is 0. The molecule has 0 bridgehead atoms. The number of fused-ring (bicyclic) bond motifs is 2. The van der Waals surface area contributed by atoms with Gasteiger partial charge in [-0.15, -0.1) is 0 Å². The second kappa shape index (κ2) is 7.66. The first kappa shape index (κ1) is 21.1. The van der Waals surface area contributed by atoms with Crippen LogP contribution >= 0.6 is 15.9 Å². The van der Waals surface area contributed by atoms with E-state index in [0.29, 0.717) is 22.7 Å². The second-order valence-electron chi connectivity index (χ2n) is 8.13. The Hall–Kier alpha value is -2.79. The average molecular weight is 500 g/mol. The fraction of sp³-hybridized carbons (Fsp3) is 0.318. The molecule has 1 saturated heterocycles. The first-order chi connectivity index (χ1) is 15.3. The van der Waals surface area contributed by atoms with Crippen LogP contribution in [0.4, 0.5) is 5.82 Å². The Labute approximate surface area is 192 Å². The summed E-state index contributed by atoms with van der Waals surface area (Å²) in [5.41, 5.74) is 6.49. The Kier molecular flexibility index (Phi) is 5.05. The van der Waals surface area contributed by atoms with E-state index >= 15 is 0 Å². The zero-order chi connectivity index (χ0) is 22.6. The van der Waals surface area contributed by atoms with E-state index in [4.69, 9.17) is 15.2 Å². The second-order valence-corrected chi connectivity index (χ2v) is 8.98. The molecule has 0 aliphatic carbocycles. The van der Waals surface area contributed by atoms with Crippen LogP contribution in [0.5, 0.6) is 5.75 Å². The first-order valence-corrected chi connectivity index (χ1v) is 10.9. The standard InChI is InChI=1S/C22H22BrN5O4/c1-11-14-5-6-28(20(14)26-10-25-11)21-18(29)22(2,30)17(32-21)9-31-13-4-3-12-7-15(23)19(24)27-16(12)8-13/h3-8,10,17-18,21,29-30H,9H2,1-2H3,(H2,24,27)/t17-,18+,21-,22-/m1/s1. The maximum atomic E-state index is 11.0. The number of nitrogen functional groups attached to an aromatic ring is 1. The highest BCUT2D eigenvalue weighted by atomic mass is 79.9. The predicted octanol–water partition coefficient (Wildman–Crippen LogP) is 2.72. The number of ether oxygens (including phenoxy) is 2. The molecule has 1 fully saturated rings. The third-order valence-electron chi connectivity index (χ3n) is 5.98. The minimum atomic E-state index is -1.53. The molecule has 0 spiro atoms. The molecule has 32 heavy (non-hydrogen) atoms. The van der Waals surface area contributed by atoms with Crippen LogP contribution in [0.15, 0.2) is 47.3 Å². The molecule has 10 heteroatoms. The smallest absolute Gasteiger partial charge is 0.164 e. The number of halogens is 1. The topological polar surface area (TPSA) is 129 Å². The molecular formula is C22H22BrN5O4. The van der Waals surface area contributed by atoms with Gasteiger partial charge in [0.1, 0.15) is 48.0 Å². The van der Waals surface area contributed by atoms with Crippen molar-refractivity contribution in [1.82, 2.24) is 19.5 Å². The summed E-state index contributed by atoms with van der Waals surface area (Å²) in [5, 5.41) is 23.6. The number of aliphatic hydroxyl groups is 2. The van der Waals surface area contributed by atoms with E-state index < -0.39 is 24.0 Å². The molecule has 4 aromatic rings. The highest BCUT2D eigenvalue weighted by Gasteiger charge is 2.53. The maximum Gasteiger partial charge on any atom is 0.164 e. The van der Waals surface area contributed by atoms with Crippen molar-refractivity contribution in [2.24, 2.45) is 0 Å². The van der Waals surface area contributed by atoms with Gasteiger partial charge in [0.25, 0.3) is 0 Å². The molecule has 0 amide bonds. The predicted molar refractivity (Wildman–Crippen MR) is 122 cm³/mol. The Bertz CT molecular complexity index is 1320. The van der Waals surface area contributed by atoms with Crippen molar-refractivity contribution in [1.29, 1.82) is 0 Å². The largest absolute Gasteiger partial charge is 0.491 e. The number of rotatable bonds is 4. The minimum Gasteiger partial charge on any atom is -0.491 e. The van der Waals surface area contributed by atoms with Crippen molar-refractivity contribution >= 4 is 43.7 Å². The van der Waals surface area contributed by atoms with Crippen LogP contribution in [0.3, 0.4) is 0 Å². The number of aromatic nitrogens is 4. The van der Waals surface area contributed by atoms with Gasteiger partial charge in [-0.2, -0.15) is 0 Å². The van der Waals surface area contributed by atoms with Gasteiger partial charge in [-0.25, -0.2) is 15.0 Å². The SMILES string of the molecule is Cc1ncnc2c1ccn2[C@@H]1O[C@H](COc2ccc3cc(Br)c(N)nc3c2)[C@@](C)(O)[C@H]1O. The quantitative estimate of drug-likeness (QED) is 0.390. The summed E-state index contributed by atoms with van der Waals surface area (Å²) in [5.74, 6) is 0.944. The molecule has 4 atom stereocenters. The van der Waals surface area contributed by atoms with E-state index in [1.54, 1.807) is 16.8 Å². The van der Waals surface area contributed by atoms with E-state index in [1.807, 2.05) is 31.2 Å². The lowest BCUT2D eigenvalue weighted by Crippen LogP contribution is -2.47. The van der Waals surface area contributed by atoms with Crippen LogP contribution in [-0.2, 0) is 4.74 Å². The maximum absolute atomic E-state index is 11.0. The molecule has 4 N–H and O–H groups in total. The summed E-state index contributed by atoms with van der Waals surface area (Å²) < 4.78 is 14.4. The van der Waals surface area contributed by atoms with Crippen LogP contribution in [0.1, 0.15) is 18.8 Å². The molecule has 3 aromatic heterocycles. The molecule has 5 rings (SSSR count). The van der Waals surface area contributed by atoms with Gasteiger partial charge >= 0.3 is 0 Å². The molecule has 4 heterocycles. The van der Waals surface area contributed by atoms with E-state index in [2.05, 4.69) is 30.9 Å². The highest BCUT2D eigenvalue weighted by Crippen LogP contribution is 2.39. The van der Waals surface area contributed by atoms with Gasteiger partial charge in [-0.05, 0) is 54.0 Å². The van der Waals surface area contributed by atoms with Crippen LogP contribution in [0, 0.1) is 6.92 Å². The van der Waals surface area contributed by atoms with Crippen molar-refractivity contribution in [3.05, 3.63) is 53.0 Å². The Morgan fingerprint density at radius 3 is 2.91 bits per heavy atom. The number of aliphatic hydroxyl groups excluding tert-OH is 1. The van der Waals surface area contributed by atoms with E-state index in [0.717, 1.165) is 20.9 Å². The van der Waals surface area contributed by atoms with Crippen molar-refractivity contribution < 1.29 is 19.7 Å². The summed E-state index contributed by atoms with van der Waals surface area (Å²) in [4.78, 5) is 12.9. The fourth-order valence-corrected chi connectivity index (χ4v) is 4.32. The van der Waals surface area contributed by atoms with Crippen molar-refractivity contribution in [2.75, 3.05) is 12.3 Å². The third-order valence-corrected chi connectivity index (χ3v) is 6.61. The summed E-state index contributed by atoms with van der Waals surface area (Å²) >= 11 is 3.37. The summed E-state index contributed by atoms with van der Waals surface area (Å²) in [6.45, 7) is 3.46. The Balaban J connectivity index is 1.38. The summed E-state index contributed by atoms with van der Waals surface area (Å²) in [6, 6.07) is 9.21. The Morgan fingerprint density at radius 2 is 2.09 bits per heavy atom. The molecule has 0 unspecified atom stereocenters. The number of nitrogens with zero attached hydrogens (tertiary/aromatic N) is 4. The third kappa shape index (κ3) is 3.39. The lowest BCUT2D eigenvalue weighted by Gasteiger charge is -2.26. The molecular weight excluding hydrogens is 478 g/mol. The molecule has 0 saturated carbocycles. The van der Waals surface area contributed by atoms with Gasteiger partial charge < -0.3 is 30.0 Å². The lowest BCUT2D eigenvalue weighted by atomic mass is 9.95. The number of aryl methyl sites for hydroxylation is 1. The van der Waals surface area contributed by atoms with Crippen LogP contribution in [0.25, 0.3) is 21.9 Å². The van der Waals surface area contributed by atoms with Crippen molar-refractivity contribution in [3.8, 4) is 5.75 Å². The molecule has 9 nitrogen and oxygen atoms in total. The molecule has 1 aromatic carbocycles. The minimum absolute atomic E-state index is 0.0330. The highest BCUT2D eigenvalue weighted by molar-refractivity contribution is 9.10. The van der Waals surface area contributed by atoms with Gasteiger partial charge in [0.15, 0.2) is 6.23 Å². The van der Waals surface area contributed by atoms with E-state index in [1.165, 1.54) is 13.3 Å². The van der Waals surface area contributed by atoms with Gasteiger partial charge in [0.05, 0.1) is 15.7 Å². The van der Waals surface area contributed by atoms with Crippen molar-refractivity contribution in [2.45, 2.75) is 37.9 Å². The average Bonchev–Trinajstić information content (AvgIpc) is 3.28. The van der Waals surface area contributed by atoms with Crippen LogP contribution in [0.2, 0.25) is 0 Å². The van der Waals surface area contributed by atoms with Crippen molar-refractivity contribution in [3.63, 3.8) is 0 Å². The molecule has 1 aliphatic heterocycles. The lowest BCUT2D eigenvalue weighted by molar-refractivity contribution is -0.0765. The fourth-order valence-electron chi connectivity index (χ4n) is 3.99. The summed E-state index contributed by atoms with van der Waals surface area (Å²) in [6.07, 6.45) is 0.462. The normalized spacial score (nSPS) is 25.6. The number of hydrogen-bond donors (Lipinski definition) is 3. The zero-order valence-corrected chi connectivity index (χ0v) is 19.0. The van der Waals surface area contributed by atoms with Crippen LogP contribution < -0.4 is 10.5 Å². The molecule has 1 aliphatic rings. The number of benzene rings is 1. The van der Waals surface area contributed by atoms with E-state index in [9.17, 15) is 10.2 Å². The molecule has 166 valence electrons. The van der Waals surface area contributed by atoms with Gasteiger partial charge in [-0.3, -0.25) is 0 Å².